The molecule has 0 aliphatic carbocycles. The van der Waals surface area contributed by atoms with Crippen LogP contribution in [0.5, 0.6) is 0 Å². The minimum atomic E-state index is -3.10. The lowest BCUT2D eigenvalue weighted by Crippen LogP contribution is -2.22. The minimum absolute atomic E-state index is 0.900. The molecule has 0 fully saturated rings. The van der Waals surface area contributed by atoms with Crippen LogP contribution >= 0.6 is 0 Å². The van der Waals surface area contributed by atoms with Crippen LogP contribution in [-0.4, -0.2) is 20.1 Å². The Balaban J connectivity index is 4.04. The molecular weight excluding hydrogens is 130 g/mol. The molecule has 8 heavy (non-hydrogen) atoms. The fourth-order valence-corrected chi connectivity index (χ4v) is 0.303. The van der Waals surface area contributed by atoms with Crippen LogP contribution in [0.4, 0.5) is 0 Å². The summed E-state index contributed by atoms with van der Waals surface area (Å²) in [6.07, 6.45) is 1.06. The number of hydrogen-bond acceptors (Lipinski definition) is 4. The Morgan fingerprint density at radius 2 is 2.00 bits per heavy atom. The van der Waals surface area contributed by atoms with E-state index in [1.807, 2.05) is 0 Å². The number of sulfone groups is 1. The second-order valence-corrected chi connectivity index (χ2v) is 3.86. The van der Waals surface area contributed by atoms with Gasteiger partial charge in [-0.2, -0.15) is 0 Å². The van der Waals surface area contributed by atoms with Gasteiger partial charge in [0.25, 0.3) is 0 Å². The van der Waals surface area contributed by atoms with Gasteiger partial charge in [-0.1, -0.05) is 0 Å². The Morgan fingerprint density at radius 1 is 1.62 bits per heavy atom. The van der Waals surface area contributed by atoms with Gasteiger partial charge in [0.1, 0.15) is 0 Å². The van der Waals surface area contributed by atoms with E-state index in [0.717, 1.165) is 6.26 Å². The van der Waals surface area contributed by atoms with Gasteiger partial charge < -0.3 is 0 Å². The Morgan fingerprint density at radius 3 is 2.00 bits per heavy atom. The molecule has 0 saturated heterocycles. The summed E-state index contributed by atoms with van der Waals surface area (Å²) in [6.45, 7) is 1.37. The van der Waals surface area contributed by atoms with Crippen LogP contribution in [0, 0.1) is 0 Å². The van der Waals surface area contributed by atoms with E-state index in [0.29, 0.717) is 0 Å². The van der Waals surface area contributed by atoms with Gasteiger partial charge in [-0.3, -0.25) is 4.84 Å². The van der Waals surface area contributed by atoms with Crippen LogP contribution < -0.4 is 5.90 Å². The standard InChI is InChI=1S/C3H9NO3S/c1-3(7-4)8(2,5)6/h3H,4H2,1-2H3. The average molecular weight is 139 g/mol. The molecule has 0 radical (unpaired) electrons. The topological polar surface area (TPSA) is 69.4 Å². The summed E-state index contributed by atoms with van der Waals surface area (Å²) in [5.74, 6) is 4.58. The second kappa shape index (κ2) is 2.43. The molecule has 0 saturated carbocycles. The highest BCUT2D eigenvalue weighted by molar-refractivity contribution is 7.91. The molecule has 0 amide bonds. The molecule has 0 aliphatic heterocycles. The molecular formula is C3H9NO3S. The molecule has 0 rings (SSSR count). The van der Waals surface area contributed by atoms with E-state index in [9.17, 15) is 8.42 Å². The first kappa shape index (κ1) is 7.87. The number of nitrogens with two attached hydrogens (primary N) is 1. The van der Waals surface area contributed by atoms with Crippen LogP contribution in [0.25, 0.3) is 0 Å². The van der Waals surface area contributed by atoms with Crippen molar-refractivity contribution in [3.05, 3.63) is 0 Å². The van der Waals surface area contributed by atoms with Gasteiger partial charge in [0.2, 0.25) is 0 Å². The van der Waals surface area contributed by atoms with Crippen molar-refractivity contribution in [2.75, 3.05) is 6.26 Å². The van der Waals surface area contributed by atoms with Crippen molar-refractivity contribution in [1.82, 2.24) is 0 Å². The van der Waals surface area contributed by atoms with Crippen molar-refractivity contribution >= 4 is 9.84 Å². The zero-order valence-electron chi connectivity index (χ0n) is 4.79. The van der Waals surface area contributed by atoms with Crippen molar-refractivity contribution < 1.29 is 13.3 Å². The first-order chi connectivity index (χ1) is 3.48. The fraction of sp³-hybridized carbons (Fsp3) is 1.00. The SMILES string of the molecule is CC(ON)S(C)(=O)=O. The molecule has 0 aromatic carbocycles. The molecule has 4 nitrogen and oxygen atoms in total. The van der Waals surface area contributed by atoms with Gasteiger partial charge in [0.15, 0.2) is 15.3 Å². The normalized spacial score (nSPS) is 15.9. The van der Waals surface area contributed by atoms with Crippen molar-refractivity contribution in [3.63, 3.8) is 0 Å². The second-order valence-electron chi connectivity index (χ2n) is 1.53. The molecule has 0 aliphatic rings. The molecule has 0 heterocycles. The van der Waals surface area contributed by atoms with Crippen LogP contribution in [-0.2, 0) is 14.7 Å². The number of hydrogen-bond donors (Lipinski definition) is 1. The molecule has 1 unspecified atom stereocenters. The predicted molar refractivity (Wildman–Crippen MR) is 29.6 cm³/mol. The van der Waals surface area contributed by atoms with E-state index in [-0.39, 0.29) is 0 Å². The van der Waals surface area contributed by atoms with Gasteiger partial charge >= 0.3 is 0 Å². The average Bonchev–Trinajstić information content (AvgIpc) is 1.62. The smallest absolute Gasteiger partial charge is 0.176 e. The summed E-state index contributed by atoms with van der Waals surface area (Å²) < 4.78 is 20.7. The Labute approximate surface area is 48.5 Å². The summed E-state index contributed by atoms with van der Waals surface area (Å²) >= 11 is 0. The van der Waals surface area contributed by atoms with E-state index in [4.69, 9.17) is 0 Å². The Hall–Kier alpha value is -0.130. The third-order valence-electron chi connectivity index (χ3n) is 0.795. The zero-order valence-corrected chi connectivity index (χ0v) is 5.60. The molecule has 0 aromatic heterocycles. The molecule has 0 bridgehead atoms. The minimum Gasteiger partial charge on any atom is -0.285 e. The maximum absolute atomic E-state index is 10.4. The summed E-state index contributed by atoms with van der Waals surface area (Å²) in [7, 11) is -3.10. The lowest BCUT2D eigenvalue weighted by molar-refractivity contribution is 0.120. The van der Waals surface area contributed by atoms with Crippen molar-refractivity contribution in [2.45, 2.75) is 12.4 Å². The lowest BCUT2D eigenvalue weighted by atomic mass is 10.9. The van der Waals surface area contributed by atoms with Gasteiger partial charge in [0.05, 0.1) is 0 Å². The summed E-state index contributed by atoms with van der Waals surface area (Å²) in [6, 6.07) is 0. The molecule has 50 valence electrons. The number of rotatable bonds is 2. The van der Waals surface area contributed by atoms with E-state index < -0.39 is 15.3 Å². The Kier molecular flexibility index (Phi) is 2.39. The third-order valence-corrected chi connectivity index (χ3v) is 2.11. The van der Waals surface area contributed by atoms with Crippen molar-refractivity contribution in [3.8, 4) is 0 Å². The Bertz CT molecular complexity index is 150. The summed E-state index contributed by atoms with van der Waals surface area (Å²) in [4.78, 5) is 4.03. The highest BCUT2D eigenvalue weighted by atomic mass is 32.2. The van der Waals surface area contributed by atoms with E-state index in [2.05, 4.69) is 10.7 Å². The van der Waals surface area contributed by atoms with Crippen LogP contribution in [0.2, 0.25) is 0 Å². The summed E-state index contributed by atoms with van der Waals surface area (Å²) in [5, 5.41) is 0. The lowest BCUT2D eigenvalue weighted by Gasteiger charge is -2.02. The quantitative estimate of drug-likeness (QED) is 0.512. The van der Waals surface area contributed by atoms with Crippen LogP contribution in [0.1, 0.15) is 6.92 Å². The van der Waals surface area contributed by atoms with Gasteiger partial charge in [-0.25, -0.2) is 14.3 Å². The zero-order chi connectivity index (χ0) is 6.78. The monoisotopic (exact) mass is 139 g/mol. The molecule has 0 spiro atoms. The van der Waals surface area contributed by atoms with Gasteiger partial charge in [-0.15, -0.1) is 0 Å². The first-order valence-corrected chi connectivity index (χ1v) is 3.98. The first-order valence-electron chi connectivity index (χ1n) is 2.03. The van der Waals surface area contributed by atoms with Crippen LogP contribution in [0.15, 0.2) is 0 Å². The third kappa shape index (κ3) is 2.25. The maximum Gasteiger partial charge on any atom is 0.176 e. The van der Waals surface area contributed by atoms with Gasteiger partial charge in [0, 0.05) is 6.26 Å². The van der Waals surface area contributed by atoms with Crippen molar-refractivity contribution in [1.29, 1.82) is 0 Å². The highest BCUT2D eigenvalue weighted by Crippen LogP contribution is 1.94. The highest BCUT2D eigenvalue weighted by Gasteiger charge is 2.12. The van der Waals surface area contributed by atoms with E-state index in [1.165, 1.54) is 6.92 Å². The molecule has 5 heteroatoms. The van der Waals surface area contributed by atoms with E-state index in [1.54, 1.807) is 0 Å². The maximum atomic E-state index is 10.4. The predicted octanol–water partition coefficient (Wildman–Crippen LogP) is -0.733. The largest absolute Gasteiger partial charge is 0.285 e. The van der Waals surface area contributed by atoms with E-state index >= 15 is 0 Å². The summed E-state index contributed by atoms with van der Waals surface area (Å²) in [5.41, 5.74) is -0.900. The molecule has 0 aromatic rings. The molecule has 1 atom stereocenters. The fourth-order valence-electron chi connectivity index (χ4n) is 0.101. The van der Waals surface area contributed by atoms with Crippen LogP contribution in [0.3, 0.4) is 0 Å². The van der Waals surface area contributed by atoms with Gasteiger partial charge in [-0.05, 0) is 6.92 Å². The molecule has 2 N–H and O–H groups in total. The van der Waals surface area contributed by atoms with Crippen molar-refractivity contribution in [2.24, 2.45) is 5.90 Å².